The smallest absolute Gasteiger partial charge is 0.326 e. The molecule has 1 atom stereocenters. The lowest BCUT2D eigenvalue weighted by molar-refractivity contribution is 0.244. The lowest BCUT2D eigenvalue weighted by Crippen LogP contribution is -2.46. The maximum Gasteiger partial charge on any atom is 0.326 e. The van der Waals surface area contributed by atoms with E-state index >= 15 is 0 Å². The van der Waals surface area contributed by atoms with Crippen molar-refractivity contribution in [1.29, 1.82) is 0 Å². The Hall–Kier alpha value is -4.39. The summed E-state index contributed by atoms with van der Waals surface area (Å²) in [6.07, 6.45) is 0. The van der Waals surface area contributed by atoms with Gasteiger partial charge in [0.05, 0.1) is 24.4 Å². The summed E-state index contributed by atoms with van der Waals surface area (Å²) in [7, 11) is 1.62. The van der Waals surface area contributed by atoms with Gasteiger partial charge in [-0.1, -0.05) is 53.7 Å². The molecule has 4 aromatic rings. The average molecular weight is 438 g/mol. The Morgan fingerprint density at radius 1 is 0.939 bits per heavy atom. The van der Waals surface area contributed by atoms with Gasteiger partial charge in [-0.05, 0) is 48.9 Å². The number of hydrogen-bond acceptors (Lipinski definition) is 5. The first-order chi connectivity index (χ1) is 16.2. The molecule has 0 radical (unpaired) electrons. The standard InChI is InChI=1S/C26H22N4O3/c1-17-22(25-28-24(29-33-25)19-13-15-21(32-2)16-14-19)23(18-9-5-3-6-10-18)27-26(31)30(17)20-11-7-4-8-12-20/h3-16,23H,1-2H3,(H,27,31). The van der Waals surface area contributed by atoms with Crippen molar-refractivity contribution < 1.29 is 14.1 Å². The molecule has 33 heavy (non-hydrogen) atoms. The van der Waals surface area contributed by atoms with Crippen LogP contribution in [0.2, 0.25) is 0 Å². The van der Waals surface area contributed by atoms with Gasteiger partial charge in [0.25, 0.3) is 5.89 Å². The Morgan fingerprint density at radius 3 is 2.27 bits per heavy atom. The highest BCUT2D eigenvalue weighted by Gasteiger charge is 2.36. The Labute approximate surface area is 191 Å². The summed E-state index contributed by atoms with van der Waals surface area (Å²) in [6.45, 7) is 1.90. The van der Waals surface area contributed by atoms with Crippen molar-refractivity contribution in [3.8, 4) is 17.1 Å². The highest BCUT2D eigenvalue weighted by atomic mass is 16.5. The lowest BCUT2D eigenvalue weighted by atomic mass is 9.94. The van der Waals surface area contributed by atoms with Gasteiger partial charge < -0.3 is 14.6 Å². The Bertz CT molecular complexity index is 1300. The summed E-state index contributed by atoms with van der Waals surface area (Å²) in [5.41, 5.74) is 3.96. The van der Waals surface area contributed by atoms with Gasteiger partial charge in [0.15, 0.2) is 0 Å². The predicted molar refractivity (Wildman–Crippen MR) is 126 cm³/mol. The second kappa shape index (κ2) is 8.63. The van der Waals surface area contributed by atoms with Crippen LogP contribution in [0.4, 0.5) is 10.5 Å². The number of hydrogen-bond donors (Lipinski definition) is 1. The summed E-state index contributed by atoms with van der Waals surface area (Å²) >= 11 is 0. The minimum Gasteiger partial charge on any atom is -0.497 e. The first-order valence-corrected chi connectivity index (χ1v) is 10.6. The zero-order chi connectivity index (χ0) is 22.8. The molecule has 7 nitrogen and oxygen atoms in total. The highest BCUT2D eigenvalue weighted by molar-refractivity contribution is 6.01. The molecule has 0 spiro atoms. The molecule has 1 unspecified atom stereocenters. The van der Waals surface area contributed by atoms with Crippen LogP contribution >= 0.6 is 0 Å². The first-order valence-electron chi connectivity index (χ1n) is 10.6. The molecule has 0 bridgehead atoms. The zero-order valence-corrected chi connectivity index (χ0v) is 18.2. The number of ether oxygens (including phenoxy) is 1. The number of carbonyl (C=O) groups is 1. The fraction of sp³-hybridized carbons (Fsp3) is 0.115. The third kappa shape index (κ3) is 3.85. The topological polar surface area (TPSA) is 80.5 Å². The molecule has 0 saturated heterocycles. The maximum absolute atomic E-state index is 13.2. The zero-order valence-electron chi connectivity index (χ0n) is 18.2. The van der Waals surface area contributed by atoms with E-state index in [-0.39, 0.29) is 6.03 Å². The van der Waals surface area contributed by atoms with Crippen LogP contribution in [-0.2, 0) is 0 Å². The molecule has 0 aliphatic carbocycles. The summed E-state index contributed by atoms with van der Waals surface area (Å²) in [5, 5.41) is 7.31. The van der Waals surface area contributed by atoms with E-state index in [2.05, 4.69) is 15.5 Å². The third-order valence-electron chi connectivity index (χ3n) is 5.64. The van der Waals surface area contributed by atoms with Crippen LogP contribution in [0.1, 0.15) is 24.4 Å². The van der Waals surface area contributed by atoms with E-state index in [1.54, 1.807) is 12.0 Å². The third-order valence-corrected chi connectivity index (χ3v) is 5.64. The van der Waals surface area contributed by atoms with Crippen LogP contribution in [0, 0.1) is 0 Å². The number of urea groups is 1. The van der Waals surface area contributed by atoms with E-state index in [0.29, 0.717) is 11.7 Å². The van der Waals surface area contributed by atoms with Gasteiger partial charge in [-0.2, -0.15) is 4.98 Å². The van der Waals surface area contributed by atoms with E-state index in [1.165, 1.54) is 0 Å². The Morgan fingerprint density at radius 2 is 1.61 bits per heavy atom. The normalized spacial score (nSPS) is 16.0. The average Bonchev–Trinajstić information content (AvgIpc) is 3.35. The minimum atomic E-state index is -0.428. The molecular weight excluding hydrogens is 416 g/mol. The molecule has 1 aliphatic rings. The minimum absolute atomic E-state index is 0.216. The van der Waals surface area contributed by atoms with Crippen molar-refractivity contribution in [2.24, 2.45) is 0 Å². The SMILES string of the molecule is COc1ccc(-c2noc(C3=C(C)N(c4ccccc4)C(=O)NC3c3ccccc3)n2)cc1. The van der Waals surface area contributed by atoms with Gasteiger partial charge in [0.1, 0.15) is 5.75 Å². The van der Waals surface area contributed by atoms with Crippen molar-refractivity contribution in [1.82, 2.24) is 15.5 Å². The Kier molecular flexibility index (Phi) is 5.36. The van der Waals surface area contributed by atoms with Crippen molar-refractivity contribution in [2.75, 3.05) is 12.0 Å². The molecule has 0 fully saturated rings. The molecule has 164 valence electrons. The molecule has 3 aromatic carbocycles. The summed E-state index contributed by atoms with van der Waals surface area (Å²) in [6, 6.07) is 26.0. The van der Waals surface area contributed by atoms with Crippen molar-refractivity contribution in [3.05, 3.63) is 102 Å². The molecule has 1 aliphatic heterocycles. The number of nitrogens with zero attached hydrogens (tertiary/aromatic N) is 3. The highest BCUT2D eigenvalue weighted by Crippen LogP contribution is 2.39. The van der Waals surface area contributed by atoms with Crippen LogP contribution in [0.5, 0.6) is 5.75 Å². The molecular formula is C26H22N4O3. The van der Waals surface area contributed by atoms with Gasteiger partial charge >= 0.3 is 6.03 Å². The molecule has 2 amide bonds. The fourth-order valence-electron chi connectivity index (χ4n) is 3.99. The number of allylic oxidation sites excluding steroid dienone is 1. The monoisotopic (exact) mass is 438 g/mol. The van der Waals surface area contributed by atoms with Gasteiger partial charge in [0, 0.05) is 11.3 Å². The number of rotatable bonds is 5. The van der Waals surface area contributed by atoms with Crippen molar-refractivity contribution in [3.63, 3.8) is 0 Å². The van der Waals surface area contributed by atoms with Crippen LogP contribution in [0.25, 0.3) is 17.0 Å². The number of para-hydroxylation sites is 1. The van der Waals surface area contributed by atoms with Crippen molar-refractivity contribution in [2.45, 2.75) is 13.0 Å². The van der Waals surface area contributed by atoms with Crippen LogP contribution < -0.4 is 15.0 Å². The number of carbonyl (C=O) groups excluding carboxylic acids is 1. The van der Waals surface area contributed by atoms with Crippen LogP contribution in [-0.4, -0.2) is 23.3 Å². The van der Waals surface area contributed by atoms with Crippen LogP contribution in [0.15, 0.2) is 95.1 Å². The second-order valence-electron chi connectivity index (χ2n) is 7.61. The largest absolute Gasteiger partial charge is 0.497 e. The first kappa shape index (κ1) is 20.5. The summed E-state index contributed by atoms with van der Waals surface area (Å²) in [5.74, 6) is 1.56. The van der Waals surface area contributed by atoms with E-state index < -0.39 is 6.04 Å². The maximum atomic E-state index is 13.2. The van der Waals surface area contributed by atoms with Crippen molar-refractivity contribution >= 4 is 17.3 Å². The van der Waals surface area contributed by atoms with Gasteiger partial charge in [-0.25, -0.2) is 4.79 Å². The number of anilines is 1. The van der Waals surface area contributed by atoms with Gasteiger partial charge in [-0.15, -0.1) is 0 Å². The van der Waals surface area contributed by atoms with E-state index in [1.807, 2.05) is 91.9 Å². The molecule has 0 saturated carbocycles. The molecule has 1 N–H and O–H groups in total. The van der Waals surface area contributed by atoms with E-state index in [4.69, 9.17) is 9.26 Å². The quantitative estimate of drug-likeness (QED) is 0.448. The number of aromatic nitrogens is 2. The van der Waals surface area contributed by atoms with E-state index in [0.717, 1.165) is 33.8 Å². The predicted octanol–water partition coefficient (Wildman–Crippen LogP) is 5.45. The fourth-order valence-corrected chi connectivity index (χ4v) is 3.99. The van der Waals surface area contributed by atoms with Gasteiger partial charge in [0.2, 0.25) is 5.82 Å². The Balaban J connectivity index is 1.62. The lowest BCUT2D eigenvalue weighted by Gasteiger charge is -2.35. The summed E-state index contributed by atoms with van der Waals surface area (Å²) < 4.78 is 11.0. The summed E-state index contributed by atoms with van der Waals surface area (Å²) in [4.78, 5) is 19.5. The van der Waals surface area contributed by atoms with Gasteiger partial charge in [-0.3, -0.25) is 4.90 Å². The molecule has 7 heteroatoms. The number of benzene rings is 3. The number of methoxy groups -OCH3 is 1. The second-order valence-corrected chi connectivity index (χ2v) is 7.61. The number of nitrogens with one attached hydrogen (secondary N) is 1. The molecule has 1 aromatic heterocycles. The molecule has 2 heterocycles. The van der Waals surface area contributed by atoms with Crippen LogP contribution in [0.3, 0.4) is 0 Å². The van der Waals surface area contributed by atoms with E-state index in [9.17, 15) is 4.79 Å². The number of amides is 2. The molecule has 5 rings (SSSR count).